The molecule has 2 aromatic carbocycles. The van der Waals surface area contributed by atoms with Crippen molar-refractivity contribution in [1.82, 2.24) is 15.1 Å². The molecule has 6 heteroatoms. The Morgan fingerprint density at radius 1 is 1.15 bits per heavy atom. The number of nitrogens with one attached hydrogen (secondary N) is 1. The van der Waals surface area contributed by atoms with E-state index in [0.29, 0.717) is 38.0 Å². The van der Waals surface area contributed by atoms with Crippen molar-refractivity contribution in [3.05, 3.63) is 77.4 Å². The Balaban J connectivity index is 1.51. The zero-order valence-electron chi connectivity index (χ0n) is 19.2. The van der Waals surface area contributed by atoms with Gasteiger partial charge in [0.05, 0.1) is 23.3 Å². The Morgan fingerprint density at radius 3 is 2.48 bits per heavy atom. The third-order valence-electron chi connectivity index (χ3n) is 6.73. The Bertz CT molecular complexity index is 1080. The van der Waals surface area contributed by atoms with E-state index in [-0.39, 0.29) is 23.8 Å². The van der Waals surface area contributed by atoms with E-state index >= 15 is 0 Å². The lowest BCUT2D eigenvalue weighted by Crippen LogP contribution is -2.59. The molecule has 2 heterocycles. The van der Waals surface area contributed by atoms with Crippen LogP contribution < -0.4 is 5.32 Å². The number of carbonyl (C=O) groups is 2. The van der Waals surface area contributed by atoms with Gasteiger partial charge < -0.3 is 9.80 Å². The van der Waals surface area contributed by atoms with Crippen LogP contribution in [0.5, 0.6) is 0 Å². The van der Waals surface area contributed by atoms with Gasteiger partial charge in [-0.3, -0.25) is 14.9 Å². The Labute approximate surface area is 195 Å². The number of hydrogen-bond donors (Lipinski definition) is 1. The normalized spacial score (nSPS) is 20.1. The standard InChI is InChI=1S/C27H30N4O2/c1-20(2)25-26(33)31(19-23-11-7-6-10-22(23)18-28)27(29-25)14-16-30(17-15-27)24(32)13-12-21-8-4-3-5-9-21/h3-13,20,25,29H,14-17,19H2,1-2H3/b13-12+. The molecule has 1 N–H and O–H groups in total. The molecular formula is C27H30N4O2. The van der Waals surface area contributed by atoms with Crippen LogP contribution in [0.25, 0.3) is 6.08 Å². The largest absolute Gasteiger partial charge is 0.339 e. The van der Waals surface area contributed by atoms with Crippen molar-refractivity contribution >= 4 is 17.9 Å². The molecule has 2 aliphatic heterocycles. The highest BCUT2D eigenvalue weighted by Gasteiger charge is 2.52. The van der Waals surface area contributed by atoms with Crippen molar-refractivity contribution in [1.29, 1.82) is 5.26 Å². The molecule has 0 radical (unpaired) electrons. The SMILES string of the molecule is CC(C)C1NC2(CCN(C(=O)/C=C/c3ccccc3)CC2)N(Cc2ccccc2C#N)C1=O. The van der Waals surface area contributed by atoms with Crippen molar-refractivity contribution in [2.45, 2.75) is 44.9 Å². The van der Waals surface area contributed by atoms with E-state index in [0.717, 1.165) is 11.1 Å². The van der Waals surface area contributed by atoms with Gasteiger partial charge in [-0.1, -0.05) is 62.4 Å². The first-order valence-corrected chi connectivity index (χ1v) is 11.5. The molecular weight excluding hydrogens is 412 g/mol. The molecule has 1 spiro atoms. The van der Waals surface area contributed by atoms with Gasteiger partial charge in [-0.15, -0.1) is 0 Å². The van der Waals surface area contributed by atoms with E-state index in [4.69, 9.17) is 0 Å². The second kappa shape index (κ2) is 9.60. The van der Waals surface area contributed by atoms with Gasteiger partial charge in [0.15, 0.2) is 0 Å². The van der Waals surface area contributed by atoms with Crippen LogP contribution in [0.2, 0.25) is 0 Å². The molecule has 1 unspecified atom stereocenters. The van der Waals surface area contributed by atoms with Gasteiger partial charge in [0.2, 0.25) is 11.8 Å². The number of benzene rings is 2. The minimum Gasteiger partial charge on any atom is -0.339 e. The lowest BCUT2D eigenvalue weighted by Gasteiger charge is -2.44. The van der Waals surface area contributed by atoms with Crippen molar-refractivity contribution < 1.29 is 9.59 Å². The first-order chi connectivity index (χ1) is 15.9. The smallest absolute Gasteiger partial charge is 0.246 e. The summed E-state index contributed by atoms with van der Waals surface area (Å²) in [5, 5.41) is 13.1. The summed E-state index contributed by atoms with van der Waals surface area (Å²) in [5.41, 5.74) is 1.92. The quantitative estimate of drug-likeness (QED) is 0.719. The van der Waals surface area contributed by atoms with Gasteiger partial charge in [-0.05, 0) is 29.2 Å². The molecule has 0 aliphatic carbocycles. The third-order valence-corrected chi connectivity index (χ3v) is 6.73. The van der Waals surface area contributed by atoms with E-state index in [1.54, 1.807) is 12.1 Å². The Morgan fingerprint density at radius 2 is 1.82 bits per heavy atom. The molecule has 4 rings (SSSR count). The van der Waals surface area contributed by atoms with Crippen molar-refractivity contribution in [2.24, 2.45) is 5.92 Å². The first-order valence-electron chi connectivity index (χ1n) is 11.5. The molecule has 2 saturated heterocycles. The lowest BCUT2D eigenvalue weighted by molar-refractivity contribution is -0.136. The average Bonchev–Trinajstić information content (AvgIpc) is 3.10. The number of likely N-dealkylation sites (tertiary alicyclic amines) is 1. The summed E-state index contributed by atoms with van der Waals surface area (Å²) in [6.45, 7) is 5.62. The fourth-order valence-corrected chi connectivity index (χ4v) is 4.77. The number of nitrogens with zero attached hydrogens (tertiary/aromatic N) is 3. The van der Waals surface area contributed by atoms with E-state index in [1.165, 1.54) is 0 Å². The van der Waals surface area contributed by atoms with Crippen molar-refractivity contribution in [3.8, 4) is 6.07 Å². The number of rotatable bonds is 5. The van der Waals surface area contributed by atoms with Gasteiger partial charge in [-0.25, -0.2) is 0 Å². The first kappa shape index (κ1) is 22.8. The number of amides is 2. The van der Waals surface area contributed by atoms with Crippen LogP contribution in [0.4, 0.5) is 0 Å². The van der Waals surface area contributed by atoms with Gasteiger partial charge in [0.1, 0.15) is 0 Å². The zero-order valence-corrected chi connectivity index (χ0v) is 19.2. The van der Waals surface area contributed by atoms with Crippen molar-refractivity contribution in [3.63, 3.8) is 0 Å². The molecule has 1 atom stereocenters. The molecule has 170 valence electrons. The zero-order chi connectivity index (χ0) is 23.4. The molecule has 2 fully saturated rings. The number of carbonyl (C=O) groups excluding carboxylic acids is 2. The van der Waals surface area contributed by atoms with E-state index < -0.39 is 5.66 Å². The van der Waals surface area contributed by atoms with Gasteiger partial charge in [0, 0.05) is 38.6 Å². The summed E-state index contributed by atoms with van der Waals surface area (Å²) in [7, 11) is 0. The second-order valence-electron chi connectivity index (χ2n) is 9.16. The number of piperidine rings is 1. The minimum atomic E-state index is -0.505. The second-order valence-corrected chi connectivity index (χ2v) is 9.16. The summed E-state index contributed by atoms with van der Waals surface area (Å²) < 4.78 is 0. The van der Waals surface area contributed by atoms with Crippen molar-refractivity contribution in [2.75, 3.05) is 13.1 Å². The summed E-state index contributed by atoms with van der Waals surface area (Å²) in [4.78, 5) is 29.9. The minimum absolute atomic E-state index is 0.0141. The summed E-state index contributed by atoms with van der Waals surface area (Å²) >= 11 is 0. The molecule has 2 aromatic rings. The van der Waals surface area contributed by atoms with E-state index in [2.05, 4.69) is 11.4 Å². The van der Waals surface area contributed by atoms with Gasteiger partial charge in [-0.2, -0.15) is 5.26 Å². The molecule has 0 bridgehead atoms. The lowest BCUT2D eigenvalue weighted by atomic mass is 9.94. The average molecular weight is 443 g/mol. The molecule has 0 aromatic heterocycles. The van der Waals surface area contributed by atoms with Crippen LogP contribution in [-0.2, 0) is 16.1 Å². The summed E-state index contributed by atoms with van der Waals surface area (Å²) in [6, 6.07) is 19.2. The van der Waals surface area contributed by atoms with Gasteiger partial charge >= 0.3 is 0 Å². The van der Waals surface area contributed by atoms with Gasteiger partial charge in [0.25, 0.3) is 0 Å². The topological polar surface area (TPSA) is 76.4 Å². The highest BCUT2D eigenvalue weighted by molar-refractivity contribution is 5.92. The summed E-state index contributed by atoms with van der Waals surface area (Å²) in [6.07, 6.45) is 4.77. The highest BCUT2D eigenvalue weighted by atomic mass is 16.2. The molecule has 2 amide bonds. The van der Waals surface area contributed by atoms with E-state index in [9.17, 15) is 14.9 Å². The molecule has 0 saturated carbocycles. The number of nitriles is 1. The predicted molar refractivity (Wildman–Crippen MR) is 127 cm³/mol. The molecule has 6 nitrogen and oxygen atoms in total. The van der Waals surface area contributed by atoms with Crippen LogP contribution in [0.1, 0.15) is 43.4 Å². The van der Waals surface area contributed by atoms with Crippen LogP contribution in [0.15, 0.2) is 60.7 Å². The predicted octanol–water partition coefficient (Wildman–Crippen LogP) is 3.55. The fourth-order valence-electron chi connectivity index (χ4n) is 4.77. The van der Waals surface area contributed by atoms with Crippen LogP contribution in [0, 0.1) is 17.2 Å². The number of hydrogen-bond acceptors (Lipinski definition) is 4. The summed E-state index contributed by atoms with van der Waals surface area (Å²) in [5.74, 6) is 0.209. The maximum atomic E-state index is 13.4. The monoisotopic (exact) mass is 442 g/mol. The molecule has 2 aliphatic rings. The van der Waals surface area contributed by atoms with Crippen LogP contribution in [-0.4, -0.2) is 46.4 Å². The van der Waals surface area contributed by atoms with E-state index in [1.807, 2.05) is 78.3 Å². The fraction of sp³-hybridized carbons (Fsp3) is 0.370. The molecule has 33 heavy (non-hydrogen) atoms. The Kier molecular flexibility index (Phi) is 6.62. The highest BCUT2D eigenvalue weighted by Crippen LogP contribution is 2.36. The van der Waals surface area contributed by atoms with Crippen LogP contribution >= 0.6 is 0 Å². The maximum Gasteiger partial charge on any atom is 0.246 e. The third kappa shape index (κ3) is 4.69. The Hall–Kier alpha value is -3.43. The maximum absolute atomic E-state index is 13.4. The van der Waals surface area contributed by atoms with Crippen LogP contribution in [0.3, 0.4) is 0 Å².